The maximum atomic E-state index is 11.4. The Morgan fingerprint density at radius 1 is 1.79 bits per heavy atom. The van der Waals surface area contributed by atoms with Crippen LogP contribution in [0.5, 0.6) is 0 Å². The van der Waals surface area contributed by atoms with Gasteiger partial charge in [0.25, 0.3) is 5.91 Å². The number of rotatable bonds is 4. The molecule has 14 heavy (non-hydrogen) atoms. The smallest absolute Gasteiger partial charge is 0.253 e. The van der Waals surface area contributed by atoms with Crippen molar-refractivity contribution in [1.82, 2.24) is 9.78 Å². The molecule has 78 valence electrons. The SMILES string of the molecule is CCO[C@@H](C)C(=O)Nc1cnn(C)c1. The van der Waals surface area contributed by atoms with Gasteiger partial charge in [0.1, 0.15) is 6.10 Å². The summed E-state index contributed by atoms with van der Waals surface area (Å²) in [7, 11) is 1.79. The average Bonchev–Trinajstić information content (AvgIpc) is 2.51. The van der Waals surface area contributed by atoms with Gasteiger partial charge in [0.15, 0.2) is 0 Å². The summed E-state index contributed by atoms with van der Waals surface area (Å²) in [6.45, 7) is 4.10. The Morgan fingerprint density at radius 3 is 3.00 bits per heavy atom. The van der Waals surface area contributed by atoms with Crippen LogP contribution in [0.15, 0.2) is 12.4 Å². The van der Waals surface area contributed by atoms with Gasteiger partial charge < -0.3 is 10.1 Å². The van der Waals surface area contributed by atoms with Crippen LogP contribution in [0.4, 0.5) is 5.69 Å². The minimum absolute atomic E-state index is 0.153. The van der Waals surface area contributed by atoms with Crippen LogP contribution in [0.2, 0.25) is 0 Å². The van der Waals surface area contributed by atoms with E-state index >= 15 is 0 Å². The topological polar surface area (TPSA) is 56.1 Å². The Labute approximate surface area is 83.1 Å². The quantitative estimate of drug-likeness (QED) is 0.776. The van der Waals surface area contributed by atoms with E-state index in [-0.39, 0.29) is 5.91 Å². The molecule has 1 heterocycles. The van der Waals surface area contributed by atoms with Crippen molar-refractivity contribution in [3.63, 3.8) is 0 Å². The second-order valence-electron chi connectivity index (χ2n) is 2.99. The lowest BCUT2D eigenvalue weighted by atomic mass is 10.3. The lowest BCUT2D eigenvalue weighted by Crippen LogP contribution is -2.27. The van der Waals surface area contributed by atoms with Gasteiger partial charge in [0.2, 0.25) is 0 Å². The number of aromatic nitrogens is 2. The molecule has 1 aromatic rings. The van der Waals surface area contributed by atoms with Gasteiger partial charge in [0.05, 0.1) is 11.9 Å². The van der Waals surface area contributed by atoms with E-state index in [2.05, 4.69) is 10.4 Å². The van der Waals surface area contributed by atoms with Crippen molar-refractivity contribution in [2.45, 2.75) is 20.0 Å². The van der Waals surface area contributed by atoms with Crippen LogP contribution in [0, 0.1) is 0 Å². The van der Waals surface area contributed by atoms with Crippen molar-refractivity contribution in [3.05, 3.63) is 12.4 Å². The van der Waals surface area contributed by atoms with Gasteiger partial charge in [-0.1, -0.05) is 0 Å². The average molecular weight is 197 g/mol. The van der Waals surface area contributed by atoms with Crippen molar-refractivity contribution in [2.75, 3.05) is 11.9 Å². The van der Waals surface area contributed by atoms with Crippen LogP contribution in [-0.4, -0.2) is 28.4 Å². The summed E-state index contributed by atoms with van der Waals surface area (Å²) in [5, 5.41) is 6.64. The highest BCUT2D eigenvalue weighted by Crippen LogP contribution is 2.04. The molecule has 0 aliphatic rings. The summed E-state index contributed by atoms with van der Waals surface area (Å²) in [5.74, 6) is -0.153. The Kier molecular flexibility index (Phi) is 3.64. The highest BCUT2D eigenvalue weighted by atomic mass is 16.5. The molecule has 0 unspecified atom stereocenters. The molecule has 0 spiro atoms. The first-order chi connectivity index (χ1) is 6.63. The van der Waals surface area contributed by atoms with Gasteiger partial charge in [0, 0.05) is 19.9 Å². The number of ether oxygens (including phenoxy) is 1. The van der Waals surface area contributed by atoms with Crippen molar-refractivity contribution in [1.29, 1.82) is 0 Å². The molecule has 0 aliphatic carbocycles. The van der Waals surface area contributed by atoms with Gasteiger partial charge in [-0.15, -0.1) is 0 Å². The molecule has 0 saturated heterocycles. The van der Waals surface area contributed by atoms with E-state index in [1.165, 1.54) is 0 Å². The third-order valence-corrected chi connectivity index (χ3v) is 1.76. The molecule has 0 bridgehead atoms. The highest BCUT2D eigenvalue weighted by Gasteiger charge is 2.12. The molecule has 0 aromatic carbocycles. The van der Waals surface area contributed by atoms with Crippen molar-refractivity contribution >= 4 is 11.6 Å². The molecule has 0 aliphatic heterocycles. The molecule has 1 amide bonds. The van der Waals surface area contributed by atoms with Crippen molar-refractivity contribution < 1.29 is 9.53 Å². The monoisotopic (exact) mass is 197 g/mol. The number of carbonyl (C=O) groups is 1. The van der Waals surface area contributed by atoms with E-state index in [1.54, 1.807) is 31.0 Å². The number of carbonyl (C=O) groups excluding carboxylic acids is 1. The highest BCUT2D eigenvalue weighted by molar-refractivity contribution is 5.93. The molecule has 5 nitrogen and oxygen atoms in total. The first-order valence-electron chi connectivity index (χ1n) is 4.54. The van der Waals surface area contributed by atoms with Gasteiger partial charge >= 0.3 is 0 Å². The second kappa shape index (κ2) is 4.76. The third kappa shape index (κ3) is 2.85. The van der Waals surface area contributed by atoms with E-state index in [9.17, 15) is 4.79 Å². The summed E-state index contributed by atoms with van der Waals surface area (Å²) in [6, 6.07) is 0. The fraction of sp³-hybridized carbons (Fsp3) is 0.556. The Morgan fingerprint density at radius 2 is 2.50 bits per heavy atom. The number of hydrogen-bond donors (Lipinski definition) is 1. The number of amides is 1. The van der Waals surface area contributed by atoms with Crippen LogP contribution in [0.1, 0.15) is 13.8 Å². The molecular formula is C9H15N3O2. The van der Waals surface area contributed by atoms with Crippen LogP contribution in [-0.2, 0) is 16.6 Å². The molecule has 5 heteroatoms. The lowest BCUT2D eigenvalue weighted by Gasteiger charge is -2.10. The van der Waals surface area contributed by atoms with Crippen molar-refractivity contribution in [3.8, 4) is 0 Å². The summed E-state index contributed by atoms with van der Waals surface area (Å²) in [4.78, 5) is 11.4. The molecule has 1 N–H and O–H groups in total. The molecule has 0 fully saturated rings. The first kappa shape index (κ1) is 10.7. The molecular weight excluding hydrogens is 182 g/mol. The second-order valence-corrected chi connectivity index (χ2v) is 2.99. The predicted octanol–water partition coefficient (Wildman–Crippen LogP) is 0.784. The molecule has 1 aromatic heterocycles. The molecule has 0 saturated carbocycles. The first-order valence-corrected chi connectivity index (χ1v) is 4.54. The van der Waals surface area contributed by atoms with Crippen molar-refractivity contribution in [2.24, 2.45) is 7.05 Å². The predicted molar refractivity (Wildman–Crippen MR) is 52.9 cm³/mol. The summed E-state index contributed by atoms with van der Waals surface area (Å²) in [6.07, 6.45) is 2.90. The minimum Gasteiger partial charge on any atom is -0.369 e. The number of nitrogens with one attached hydrogen (secondary N) is 1. The van der Waals surface area contributed by atoms with E-state index in [1.807, 2.05) is 6.92 Å². The van der Waals surface area contributed by atoms with E-state index in [0.717, 1.165) is 0 Å². The number of aryl methyl sites for hydroxylation is 1. The maximum absolute atomic E-state index is 11.4. The Balaban J connectivity index is 2.48. The van der Waals surface area contributed by atoms with Gasteiger partial charge in [-0.25, -0.2) is 0 Å². The van der Waals surface area contributed by atoms with Crippen LogP contribution in [0.25, 0.3) is 0 Å². The normalized spacial score (nSPS) is 12.5. The Hall–Kier alpha value is -1.36. The zero-order valence-electron chi connectivity index (χ0n) is 8.65. The van der Waals surface area contributed by atoms with Crippen LogP contribution in [0.3, 0.4) is 0 Å². The third-order valence-electron chi connectivity index (χ3n) is 1.76. The Bertz CT molecular complexity index is 309. The zero-order valence-corrected chi connectivity index (χ0v) is 8.65. The zero-order chi connectivity index (χ0) is 10.6. The fourth-order valence-corrected chi connectivity index (χ4v) is 1.06. The van der Waals surface area contributed by atoms with E-state index in [4.69, 9.17) is 4.74 Å². The minimum atomic E-state index is -0.430. The number of anilines is 1. The van der Waals surface area contributed by atoms with E-state index in [0.29, 0.717) is 12.3 Å². The van der Waals surface area contributed by atoms with Crippen LogP contribution < -0.4 is 5.32 Å². The summed E-state index contributed by atoms with van der Waals surface area (Å²) >= 11 is 0. The summed E-state index contributed by atoms with van der Waals surface area (Å²) < 4.78 is 6.77. The maximum Gasteiger partial charge on any atom is 0.253 e. The number of nitrogens with zero attached hydrogens (tertiary/aromatic N) is 2. The van der Waals surface area contributed by atoms with Gasteiger partial charge in [-0.3, -0.25) is 9.48 Å². The molecule has 0 radical (unpaired) electrons. The van der Waals surface area contributed by atoms with E-state index < -0.39 is 6.10 Å². The lowest BCUT2D eigenvalue weighted by molar-refractivity contribution is -0.126. The standard InChI is InChI=1S/C9H15N3O2/c1-4-14-7(2)9(13)11-8-5-10-12(3)6-8/h5-7H,4H2,1-3H3,(H,11,13)/t7-/m0/s1. The largest absolute Gasteiger partial charge is 0.369 e. The molecule has 1 rings (SSSR count). The van der Waals surface area contributed by atoms with Gasteiger partial charge in [-0.2, -0.15) is 5.10 Å². The summed E-state index contributed by atoms with van der Waals surface area (Å²) in [5.41, 5.74) is 0.684. The molecule has 1 atom stereocenters. The van der Waals surface area contributed by atoms with Gasteiger partial charge in [-0.05, 0) is 13.8 Å². The van der Waals surface area contributed by atoms with Crippen LogP contribution >= 0.6 is 0 Å². The fourth-order valence-electron chi connectivity index (χ4n) is 1.06. The number of hydrogen-bond acceptors (Lipinski definition) is 3.